The highest BCUT2D eigenvalue weighted by molar-refractivity contribution is 5.81. The average Bonchev–Trinajstić information content (AvgIpc) is 2.30. The van der Waals surface area contributed by atoms with E-state index in [2.05, 4.69) is 22.2 Å². The fourth-order valence-electron chi connectivity index (χ4n) is 1.73. The van der Waals surface area contributed by atoms with Crippen LogP contribution >= 0.6 is 0 Å². The second-order valence-corrected chi connectivity index (χ2v) is 4.45. The minimum Gasteiger partial charge on any atom is -0.353 e. The Morgan fingerprint density at radius 3 is 2.56 bits per heavy atom. The van der Waals surface area contributed by atoms with E-state index in [-0.39, 0.29) is 11.9 Å². The molecule has 0 aromatic carbocycles. The van der Waals surface area contributed by atoms with Gasteiger partial charge < -0.3 is 16.0 Å². The average molecular weight is 228 g/mol. The molecule has 1 aliphatic heterocycles. The van der Waals surface area contributed by atoms with Gasteiger partial charge in [-0.05, 0) is 13.5 Å². The summed E-state index contributed by atoms with van der Waals surface area (Å²) in [5, 5.41) is 2.87. The number of carbonyl (C=O) groups excluding carboxylic acids is 1. The lowest BCUT2D eigenvalue weighted by molar-refractivity contribution is -0.122. The molecule has 3 N–H and O–H groups in total. The number of nitrogens with one attached hydrogen (secondary N) is 1. The zero-order valence-corrected chi connectivity index (χ0v) is 10.4. The molecule has 0 radical (unpaired) electrons. The first-order valence-electron chi connectivity index (χ1n) is 6.07. The van der Waals surface area contributed by atoms with E-state index in [9.17, 15) is 4.79 Å². The number of nitrogens with zero attached hydrogens (tertiary/aromatic N) is 2. The van der Waals surface area contributed by atoms with Gasteiger partial charge >= 0.3 is 0 Å². The second-order valence-electron chi connectivity index (χ2n) is 4.45. The van der Waals surface area contributed by atoms with Crippen molar-refractivity contribution < 1.29 is 4.79 Å². The Morgan fingerprint density at radius 2 is 2.00 bits per heavy atom. The Labute approximate surface area is 98.0 Å². The summed E-state index contributed by atoms with van der Waals surface area (Å²) in [4.78, 5) is 16.1. The van der Waals surface area contributed by atoms with Crippen LogP contribution in [0.25, 0.3) is 0 Å². The van der Waals surface area contributed by atoms with Crippen LogP contribution in [0.1, 0.15) is 13.3 Å². The van der Waals surface area contributed by atoms with Crippen molar-refractivity contribution in [1.29, 1.82) is 0 Å². The minimum atomic E-state index is -0.354. The third kappa shape index (κ3) is 4.47. The molecule has 5 nitrogen and oxygen atoms in total. The van der Waals surface area contributed by atoms with Gasteiger partial charge in [0.1, 0.15) is 0 Å². The molecule has 1 aliphatic rings. The summed E-state index contributed by atoms with van der Waals surface area (Å²) >= 11 is 0. The van der Waals surface area contributed by atoms with E-state index in [1.165, 1.54) is 0 Å². The van der Waals surface area contributed by atoms with Gasteiger partial charge in [0, 0.05) is 39.3 Å². The van der Waals surface area contributed by atoms with E-state index in [4.69, 9.17) is 5.73 Å². The number of hydrogen-bond donors (Lipinski definition) is 2. The van der Waals surface area contributed by atoms with Crippen LogP contribution in [0.4, 0.5) is 0 Å². The van der Waals surface area contributed by atoms with Crippen molar-refractivity contribution >= 4 is 5.91 Å². The Bertz CT molecular complexity index is 214. The number of rotatable bonds is 5. The summed E-state index contributed by atoms with van der Waals surface area (Å²) in [6.45, 7) is 7.96. The normalized spacial score (nSPS) is 20.7. The summed E-state index contributed by atoms with van der Waals surface area (Å²) in [5.74, 6) is -0.0309. The van der Waals surface area contributed by atoms with Crippen molar-refractivity contribution in [1.82, 2.24) is 15.1 Å². The summed E-state index contributed by atoms with van der Waals surface area (Å²) in [6.07, 6.45) is 0.695. The first kappa shape index (κ1) is 13.4. The molecule has 1 amide bonds. The van der Waals surface area contributed by atoms with Crippen molar-refractivity contribution in [2.45, 2.75) is 19.4 Å². The lowest BCUT2D eigenvalue weighted by Gasteiger charge is -2.32. The van der Waals surface area contributed by atoms with Gasteiger partial charge in [-0.15, -0.1) is 0 Å². The maximum absolute atomic E-state index is 11.4. The Kier molecular flexibility index (Phi) is 5.73. The maximum atomic E-state index is 11.4. The molecule has 5 heteroatoms. The lowest BCUT2D eigenvalue weighted by Crippen LogP contribution is -2.48. The predicted molar refractivity (Wildman–Crippen MR) is 65.2 cm³/mol. The van der Waals surface area contributed by atoms with Crippen molar-refractivity contribution in [3.63, 3.8) is 0 Å². The van der Waals surface area contributed by atoms with Gasteiger partial charge in [0.05, 0.1) is 6.04 Å². The Hall–Kier alpha value is -0.650. The molecule has 0 bridgehead atoms. The quantitative estimate of drug-likeness (QED) is 0.639. The highest BCUT2D eigenvalue weighted by Gasteiger charge is 2.14. The molecular formula is C11H24N4O. The summed E-state index contributed by atoms with van der Waals surface area (Å²) in [6, 6.07) is -0.354. The molecular weight excluding hydrogens is 204 g/mol. The first-order valence-corrected chi connectivity index (χ1v) is 6.07. The standard InChI is InChI=1S/C11H24N4O/c1-3-10(12)11(16)13-4-5-15-8-6-14(2)7-9-15/h10H,3-9,12H2,1-2H3,(H,13,16)/t10-/m1/s1. The zero-order valence-electron chi connectivity index (χ0n) is 10.4. The molecule has 1 saturated heterocycles. The third-order valence-corrected chi connectivity index (χ3v) is 3.10. The molecule has 16 heavy (non-hydrogen) atoms. The van der Waals surface area contributed by atoms with Crippen LogP contribution in [0.2, 0.25) is 0 Å². The molecule has 0 aliphatic carbocycles. The SMILES string of the molecule is CC[C@@H](N)C(=O)NCCN1CCN(C)CC1. The van der Waals surface area contributed by atoms with Crippen molar-refractivity contribution in [3.05, 3.63) is 0 Å². The topological polar surface area (TPSA) is 61.6 Å². The van der Waals surface area contributed by atoms with Crippen LogP contribution in [0.5, 0.6) is 0 Å². The fraction of sp³-hybridized carbons (Fsp3) is 0.909. The highest BCUT2D eigenvalue weighted by atomic mass is 16.2. The summed E-state index contributed by atoms with van der Waals surface area (Å²) in [7, 11) is 2.14. The molecule has 1 rings (SSSR count). The van der Waals surface area contributed by atoms with Gasteiger partial charge in [-0.25, -0.2) is 0 Å². The molecule has 0 spiro atoms. The van der Waals surface area contributed by atoms with Crippen LogP contribution in [0.3, 0.4) is 0 Å². The van der Waals surface area contributed by atoms with Gasteiger partial charge in [-0.3, -0.25) is 9.69 Å². The second kappa shape index (κ2) is 6.83. The van der Waals surface area contributed by atoms with Gasteiger partial charge in [-0.1, -0.05) is 6.92 Å². The molecule has 0 saturated carbocycles. The molecule has 1 fully saturated rings. The Morgan fingerprint density at radius 1 is 1.38 bits per heavy atom. The van der Waals surface area contributed by atoms with Crippen molar-refractivity contribution in [3.8, 4) is 0 Å². The fourth-order valence-corrected chi connectivity index (χ4v) is 1.73. The Balaban J connectivity index is 2.09. The van der Waals surface area contributed by atoms with Gasteiger partial charge in [0.2, 0.25) is 5.91 Å². The number of amides is 1. The largest absolute Gasteiger partial charge is 0.353 e. The monoisotopic (exact) mass is 228 g/mol. The highest BCUT2D eigenvalue weighted by Crippen LogP contribution is 1.97. The van der Waals surface area contributed by atoms with E-state index in [0.29, 0.717) is 13.0 Å². The van der Waals surface area contributed by atoms with E-state index >= 15 is 0 Å². The number of carbonyl (C=O) groups is 1. The van der Waals surface area contributed by atoms with Crippen LogP contribution in [-0.4, -0.2) is 68.1 Å². The lowest BCUT2D eigenvalue weighted by atomic mass is 10.2. The van der Waals surface area contributed by atoms with Crippen LogP contribution in [0.15, 0.2) is 0 Å². The molecule has 94 valence electrons. The number of nitrogens with two attached hydrogens (primary N) is 1. The smallest absolute Gasteiger partial charge is 0.236 e. The molecule has 1 atom stereocenters. The van der Waals surface area contributed by atoms with E-state index < -0.39 is 0 Å². The molecule has 1 heterocycles. The summed E-state index contributed by atoms with van der Waals surface area (Å²) in [5.41, 5.74) is 5.62. The van der Waals surface area contributed by atoms with Gasteiger partial charge in [0.15, 0.2) is 0 Å². The summed E-state index contributed by atoms with van der Waals surface area (Å²) < 4.78 is 0. The minimum absolute atomic E-state index is 0.0309. The van der Waals surface area contributed by atoms with Crippen molar-refractivity contribution in [2.75, 3.05) is 46.3 Å². The van der Waals surface area contributed by atoms with Gasteiger partial charge in [-0.2, -0.15) is 0 Å². The number of piperazine rings is 1. The maximum Gasteiger partial charge on any atom is 0.236 e. The molecule has 0 aromatic heterocycles. The van der Waals surface area contributed by atoms with Crippen molar-refractivity contribution in [2.24, 2.45) is 5.73 Å². The van der Waals surface area contributed by atoms with Crippen LogP contribution in [0, 0.1) is 0 Å². The van der Waals surface area contributed by atoms with E-state index in [0.717, 1.165) is 32.7 Å². The third-order valence-electron chi connectivity index (χ3n) is 3.10. The predicted octanol–water partition coefficient (Wildman–Crippen LogP) is -0.913. The number of likely N-dealkylation sites (N-methyl/N-ethyl adjacent to an activating group) is 1. The van der Waals surface area contributed by atoms with E-state index in [1.807, 2.05) is 6.92 Å². The zero-order chi connectivity index (χ0) is 12.0. The first-order chi connectivity index (χ1) is 7.63. The van der Waals surface area contributed by atoms with Gasteiger partial charge in [0.25, 0.3) is 0 Å². The molecule has 0 aromatic rings. The molecule has 0 unspecified atom stereocenters. The van der Waals surface area contributed by atoms with E-state index in [1.54, 1.807) is 0 Å². The van der Waals surface area contributed by atoms with Crippen LogP contribution < -0.4 is 11.1 Å². The number of hydrogen-bond acceptors (Lipinski definition) is 4. The van der Waals surface area contributed by atoms with Crippen LogP contribution in [-0.2, 0) is 4.79 Å².